The summed E-state index contributed by atoms with van der Waals surface area (Å²) in [6, 6.07) is 4.69. The molecule has 2 heterocycles. The highest BCUT2D eigenvalue weighted by atomic mass is 32.1. The molecular formula is C15H22N4S. The van der Waals surface area contributed by atoms with E-state index < -0.39 is 0 Å². The Kier molecular flexibility index (Phi) is 5.09. The van der Waals surface area contributed by atoms with Crippen LogP contribution in [0.5, 0.6) is 0 Å². The minimum atomic E-state index is 0.490. The van der Waals surface area contributed by atoms with Gasteiger partial charge >= 0.3 is 0 Å². The molecule has 4 nitrogen and oxygen atoms in total. The molecule has 0 bridgehead atoms. The van der Waals surface area contributed by atoms with Crippen molar-refractivity contribution in [3.05, 3.63) is 40.0 Å². The zero-order valence-electron chi connectivity index (χ0n) is 12.6. The van der Waals surface area contributed by atoms with Crippen molar-refractivity contribution in [1.29, 1.82) is 0 Å². The van der Waals surface area contributed by atoms with Crippen molar-refractivity contribution >= 4 is 17.2 Å². The van der Waals surface area contributed by atoms with E-state index in [1.54, 1.807) is 11.3 Å². The van der Waals surface area contributed by atoms with E-state index in [9.17, 15) is 0 Å². The van der Waals surface area contributed by atoms with Gasteiger partial charge < -0.3 is 10.2 Å². The number of pyridine rings is 1. The molecule has 2 rings (SSSR count). The number of anilines is 1. The lowest BCUT2D eigenvalue weighted by atomic mass is 10.2. The van der Waals surface area contributed by atoms with Gasteiger partial charge in [-0.1, -0.05) is 13.8 Å². The molecule has 0 saturated heterocycles. The number of aromatic nitrogens is 2. The van der Waals surface area contributed by atoms with Gasteiger partial charge in [0.05, 0.1) is 17.7 Å². The van der Waals surface area contributed by atoms with Crippen molar-refractivity contribution in [3.63, 3.8) is 0 Å². The molecule has 20 heavy (non-hydrogen) atoms. The SMILES string of the molecule is Cc1ncsc1CN(C)c1cc(CNC(C)C)ccn1. The second-order valence-electron chi connectivity index (χ2n) is 5.27. The van der Waals surface area contributed by atoms with E-state index in [4.69, 9.17) is 0 Å². The van der Waals surface area contributed by atoms with Gasteiger partial charge in [0.1, 0.15) is 5.82 Å². The number of thiazole rings is 1. The summed E-state index contributed by atoms with van der Waals surface area (Å²) in [6.07, 6.45) is 1.88. The fourth-order valence-corrected chi connectivity index (χ4v) is 2.71. The molecule has 0 saturated carbocycles. The van der Waals surface area contributed by atoms with Crippen LogP contribution in [0.1, 0.15) is 30.0 Å². The zero-order chi connectivity index (χ0) is 14.5. The van der Waals surface area contributed by atoms with E-state index >= 15 is 0 Å². The van der Waals surface area contributed by atoms with Crippen LogP contribution < -0.4 is 10.2 Å². The molecule has 0 atom stereocenters. The van der Waals surface area contributed by atoms with Crippen molar-refractivity contribution in [1.82, 2.24) is 15.3 Å². The maximum atomic E-state index is 4.46. The molecule has 0 aromatic carbocycles. The average Bonchev–Trinajstić information content (AvgIpc) is 2.82. The summed E-state index contributed by atoms with van der Waals surface area (Å²) in [6.45, 7) is 8.09. The molecule has 108 valence electrons. The monoisotopic (exact) mass is 290 g/mol. The Labute approximate surface area is 124 Å². The molecular weight excluding hydrogens is 268 g/mol. The van der Waals surface area contributed by atoms with Gasteiger partial charge in [0.25, 0.3) is 0 Å². The van der Waals surface area contributed by atoms with Crippen molar-refractivity contribution in [3.8, 4) is 0 Å². The minimum absolute atomic E-state index is 0.490. The topological polar surface area (TPSA) is 41.1 Å². The molecule has 1 N–H and O–H groups in total. The van der Waals surface area contributed by atoms with E-state index in [0.717, 1.165) is 24.6 Å². The highest BCUT2D eigenvalue weighted by Gasteiger charge is 2.08. The van der Waals surface area contributed by atoms with Gasteiger partial charge in [-0.2, -0.15) is 0 Å². The van der Waals surface area contributed by atoms with Crippen molar-refractivity contribution in [2.24, 2.45) is 0 Å². The van der Waals surface area contributed by atoms with Gasteiger partial charge in [0, 0.05) is 30.7 Å². The average molecular weight is 290 g/mol. The van der Waals surface area contributed by atoms with E-state index in [1.807, 2.05) is 11.7 Å². The zero-order valence-corrected chi connectivity index (χ0v) is 13.4. The molecule has 0 unspecified atom stereocenters. The number of hydrogen-bond donors (Lipinski definition) is 1. The Bertz CT molecular complexity index is 550. The first-order valence-electron chi connectivity index (χ1n) is 6.84. The van der Waals surface area contributed by atoms with Crippen LogP contribution in [0.15, 0.2) is 23.8 Å². The molecule has 0 aliphatic rings. The quantitative estimate of drug-likeness (QED) is 0.888. The smallest absolute Gasteiger partial charge is 0.128 e. The third-order valence-corrected chi connectivity index (χ3v) is 4.06. The van der Waals surface area contributed by atoms with Gasteiger partial charge in [-0.15, -0.1) is 11.3 Å². The number of aryl methyl sites for hydroxylation is 1. The third-order valence-electron chi connectivity index (χ3n) is 3.14. The van der Waals surface area contributed by atoms with E-state index in [2.05, 4.69) is 60.1 Å². The summed E-state index contributed by atoms with van der Waals surface area (Å²) in [5.74, 6) is 1.00. The highest BCUT2D eigenvalue weighted by Crippen LogP contribution is 2.18. The Balaban J connectivity index is 2.04. The lowest BCUT2D eigenvalue weighted by Crippen LogP contribution is -2.22. The standard InChI is InChI=1S/C15H22N4S/c1-11(2)17-8-13-5-6-16-15(7-13)19(4)9-14-12(3)18-10-20-14/h5-7,10-11,17H,8-9H2,1-4H3. The minimum Gasteiger partial charge on any atom is -0.354 e. The lowest BCUT2D eigenvalue weighted by Gasteiger charge is -2.18. The summed E-state index contributed by atoms with van der Waals surface area (Å²) in [5.41, 5.74) is 4.27. The first-order chi connectivity index (χ1) is 9.56. The Morgan fingerprint density at radius 1 is 1.35 bits per heavy atom. The summed E-state index contributed by atoms with van der Waals surface area (Å²) < 4.78 is 0. The van der Waals surface area contributed by atoms with Crippen LogP contribution in [0.25, 0.3) is 0 Å². The molecule has 0 spiro atoms. The van der Waals surface area contributed by atoms with Crippen LogP contribution in [-0.4, -0.2) is 23.1 Å². The summed E-state index contributed by atoms with van der Waals surface area (Å²) in [7, 11) is 2.07. The lowest BCUT2D eigenvalue weighted by molar-refractivity contribution is 0.588. The molecule has 2 aromatic rings. The number of hydrogen-bond acceptors (Lipinski definition) is 5. The van der Waals surface area contributed by atoms with Crippen LogP contribution in [0.2, 0.25) is 0 Å². The van der Waals surface area contributed by atoms with Gasteiger partial charge in [-0.3, -0.25) is 0 Å². The fourth-order valence-electron chi connectivity index (χ4n) is 1.88. The number of rotatable bonds is 6. The van der Waals surface area contributed by atoms with Crippen molar-refractivity contribution < 1.29 is 0 Å². The predicted molar refractivity (Wildman–Crippen MR) is 85.2 cm³/mol. The second kappa shape index (κ2) is 6.81. The van der Waals surface area contributed by atoms with Crippen LogP contribution in [0.3, 0.4) is 0 Å². The Hall–Kier alpha value is -1.46. The summed E-state index contributed by atoms with van der Waals surface area (Å²) in [5, 5.41) is 3.43. The van der Waals surface area contributed by atoms with E-state index in [-0.39, 0.29) is 0 Å². The fraction of sp³-hybridized carbons (Fsp3) is 0.467. The second-order valence-corrected chi connectivity index (χ2v) is 6.21. The molecule has 0 fully saturated rings. The highest BCUT2D eigenvalue weighted by molar-refractivity contribution is 7.09. The van der Waals surface area contributed by atoms with Crippen molar-refractivity contribution in [2.45, 2.75) is 39.9 Å². The third kappa shape index (κ3) is 4.02. The molecule has 0 aliphatic heterocycles. The van der Waals surface area contributed by atoms with Crippen LogP contribution in [-0.2, 0) is 13.1 Å². The van der Waals surface area contributed by atoms with Gasteiger partial charge in [-0.05, 0) is 24.6 Å². The first-order valence-corrected chi connectivity index (χ1v) is 7.72. The van der Waals surface area contributed by atoms with Gasteiger partial charge in [-0.25, -0.2) is 9.97 Å². The maximum Gasteiger partial charge on any atom is 0.128 e. The number of nitrogens with one attached hydrogen (secondary N) is 1. The molecule has 5 heteroatoms. The molecule has 0 amide bonds. The summed E-state index contributed by atoms with van der Waals surface area (Å²) >= 11 is 1.70. The van der Waals surface area contributed by atoms with E-state index in [0.29, 0.717) is 6.04 Å². The van der Waals surface area contributed by atoms with Gasteiger partial charge in [0.2, 0.25) is 0 Å². The first kappa shape index (κ1) is 14.9. The molecule has 0 aliphatic carbocycles. The van der Waals surface area contributed by atoms with Crippen LogP contribution >= 0.6 is 11.3 Å². The van der Waals surface area contributed by atoms with Crippen LogP contribution in [0.4, 0.5) is 5.82 Å². The predicted octanol–water partition coefficient (Wildman–Crippen LogP) is 2.98. The van der Waals surface area contributed by atoms with Crippen LogP contribution in [0, 0.1) is 6.92 Å². The maximum absolute atomic E-state index is 4.46. The Morgan fingerprint density at radius 2 is 2.15 bits per heavy atom. The summed E-state index contributed by atoms with van der Waals surface area (Å²) in [4.78, 5) is 12.2. The largest absolute Gasteiger partial charge is 0.354 e. The molecule has 0 radical (unpaired) electrons. The normalized spacial score (nSPS) is 11.1. The van der Waals surface area contributed by atoms with E-state index in [1.165, 1.54) is 10.4 Å². The Morgan fingerprint density at radius 3 is 2.80 bits per heavy atom. The molecule has 2 aromatic heterocycles. The van der Waals surface area contributed by atoms with Gasteiger partial charge in [0.15, 0.2) is 0 Å². The van der Waals surface area contributed by atoms with Crippen molar-refractivity contribution in [2.75, 3.05) is 11.9 Å². The number of nitrogens with zero attached hydrogens (tertiary/aromatic N) is 3.